The Balaban J connectivity index is 2.55. The van der Waals surface area contributed by atoms with Crippen molar-refractivity contribution in [1.29, 1.82) is 0 Å². The maximum absolute atomic E-state index is 12.0. The van der Waals surface area contributed by atoms with Gasteiger partial charge in [0.25, 0.3) is 0 Å². The van der Waals surface area contributed by atoms with Gasteiger partial charge in [0, 0.05) is 26.3 Å². The Morgan fingerprint density at radius 3 is 2.26 bits per heavy atom. The highest BCUT2D eigenvalue weighted by Gasteiger charge is 2.25. The third-order valence-electron chi connectivity index (χ3n) is 3.09. The molecule has 19 heavy (non-hydrogen) atoms. The van der Waals surface area contributed by atoms with Crippen LogP contribution in [-0.2, 0) is 11.3 Å². The van der Waals surface area contributed by atoms with E-state index in [0.29, 0.717) is 6.54 Å². The molecule has 0 spiro atoms. The fourth-order valence-corrected chi connectivity index (χ4v) is 1.84. The van der Waals surface area contributed by atoms with Crippen LogP contribution >= 0.6 is 0 Å². The number of nitrogens with one attached hydrogen (secondary N) is 2. The number of hydrogen-bond donors (Lipinski definition) is 2. The summed E-state index contributed by atoms with van der Waals surface area (Å²) in [6, 6.07) is 8.18. The molecule has 4 nitrogen and oxygen atoms in total. The van der Waals surface area contributed by atoms with Gasteiger partial charge in [-0.15, -0.1) is 0 Å². The number of amides is 1. The van der Waals surface area contributed by atoms with Gasteiger partial charge in [0.05, 0.1) is 5.54 Å². The van der Waals surface area contributed by atoms with Crippen molar-refractivity contribution in [3.63, 3.8) is 0 Å². The van der Waals surface area contributed by atoms with Crippen molar-refractivity contribution >= 4 is 11.6 Å². The van der Waals surface area contributed by atoms with Gasteiger partial charge in [-0.25, -0.2) is 0 Å². The number of likely N-dealkylation sites (N-methyl/N-ethyl adjacent to an activating group) is 1. The maximum Gasteiger partial charge on any atom is 0.239 e. The molecule has 1 aromatic carbocycles. The van der Waals surface area contributed by atoms with E-state index in [2.05, 4.69) is 27.7 Å². The zero-order valence-corrected chi connectivity index (χ0v) is 12.6. The second-order valence-corrected chi connectivity index (χ2v) is 5.40. The van der Waals surface area contributed by atoms with E-state index in [0.717, 1.165) is 17.8 Å². The molecule has 1 rings (SSSR count). The highest BCUT2D eigenvalue weighted by Crippen LogP contribution is 2.12. The predicted molar refractivity (Wildman–Crippen MR) is 80.4 cm³/mol. The average molecular weight is 263 g/mol. The minimum atomic E-state index is -0.529. The molecule has 0 fully saturated rings. The van der Waals surface area contributed by atoms with Crippen LogP contribution in [0.25, 0.3) is 0 Å². The third-order valence-corrected chi connectivity index (χ3v) is 3.09. The van der Waals surface area contributed by atoms with Crippen molar-refractivity contribution in [1.82, 2.24) is 10.6 Å². The van der Waals surface area contributed by atoms with Gasteiger partial charge < -0.3 is 15.5 Å². The number of hydrogen-bond acceptors (Lipinski definition) is 3. The van der Waals surface area contributed by atoms with Crippen molar-refractivity contribution in [2.45, 2.75) is 32.9 Å². The van der Waals surface area contributed by atoms with E-state index in [1.54, 1.807) is 0 Å². The second-order valence-electron chi connectivity index (χ2n) is 5.40. The summed E-state index contributed by atoms with van der Waals surface area (Å²) in [5.41, 5.74) is 1.73. The molecule has 4 heteroatoms. The zero-order chi connectivity index (χ0) is 14.5. The van der Waals surface area contributed by atoms with Gasteiger partial charge in [0.1, 0.15) is 0 Å². The normalized spacial score (nSPS) is 11.2. The smallest absolute Gasteiger partial charge is 0.239 e. The molecule has 1 amide bonds. The van der Waals surface area contributed by atoms with E-state index in [1.165, 1.54) is 0 Å². The molecular formula is C15H25N3O. The highest BCUT2D eigenvalue weighted by molar-refractivity contribution is 5.85. The lowest BCUT2D eigenvalue weighted by Gasteiger charge is -2.24. The summed E-state index contributed by atoms with van der Waals surface area (Å²) in [4.78, 5) is 14.1. The maximum atomic E-state index is 12.0. The first-order valence-corrected chi connectivity index (χ1v) is 6.66. The van der Waals surface area contributed by atoms with Crippen LogP contribution in [0.5, 0.6) is 0 Å². The summed E-state index contributed by atoms with van der Waals surface area (Å²) in [6.07, 6.45) is 0. The van der Waals surface area contributed by atoms with Gasteiger partial charge in [0.15, 0.2) is 0 Å². The summed E-state index contributed by atoms with van der Waals surface area (Å²) < 4.78 is 0. The summed E-state index contributed by atoms with van der Waals surface area (Å²) >= 11 is 0. The molecule has 0 aliphatic heterocycles. The molecule has 0 saturated carbocycles. The minimum absolute atomic E-state index is 0.0195. The van der Waals surface area contributed by atoms with Gasteiger partial charge in [-0.3, -0.25) is 4.79 Å². The van der Waals surface area contributed by atoms with Crippen molar-refractivity contribution in [3.8, 4) is 0 Å². The van der Waals surface area contributed by atoms with E-state index in [-0.39, 0.29) is 5.91 Å². The Bertz CT molecular complexity index is 410. The molecule has 0 aromatic heterocycles. The third kappa shape index (κ3) is 4.56. The van der Waals surface area contributed by atoms with Crippen LogP contribution in [0.3, 0.4) is 0 Å². The number of benzene rings is 1. The highest BCUT2D eigenvalue weighted by atomic mass is 16.2. The summed E-state index contributed by atoms with van der Waals surface area (Å²) in [6.45, 7) is 7.11. The molecule has 0 heterocycles. The SMILES string of the molecule is CCNC(C)(C)C(=O)NCc1ccc(N(C)C)cc1. The Morgan fingerprint density at radius 1 is 1.21 bits per heavy atom. The molecule has 0 aliphatic rings. The summed E-state index contributed by atoms with van der Waals surface area (Å²) in [5, 5.41) is 6.12. The second kappa shape index (κ2) is 6.57. The molecule has 0 aliphatic carbocycles. The zero-order valence-electron chi connectivity index (χ0n) is 12.6. The monoisotopic (exact) mass is 263 g/mol. The molecule has 0 bridgehead atoms. The number of rotatable bonds is 6. The van der Waals surface area contributed by atoms with Crippen LogP contribution in [0, 0.1) is 0 Å². The van der Waals surface area contributed by atoms with Crippen LogP contribution in [0.2, 0.25) is 0 Å². The van der Waals surface area contributed by atoms with E-state index >= 15 is 0 Å². The van der Waals surface area contributed by atoms with Crippen molar-refractivity contribution in [2.75, 3.05) is 25.5 Å². The molecule has 0 atom stereocenters. The molecule has 2 N–H and O–H groups in total. The molecule has 1 aromatic rings. The quantitative estimate of drug-likeness (QED) is 0.822. The standard InChI is InChI=1S/C15H25N3O/c1-6-17-15(2,3)14(19)16-11-12-7-9-13(10-8-12)18(4)5/h7-10,17H,6,11H2,1-5H3,(H,16,19). The first-order valence-electron chi connectivity index (χ1n) is 6.66. The van der Waals surface area contributed by atoms with Crippen molar-refractivity contribution < 1.29 is 4.79 Å². The van der Waals surface area contributed by atoms with E-state index in [4.69, 9.17) is 0 Å². The lowest BCUT2D eigenvalue weighted by atomic mass is 10.0. The molecule has 0 unspecified atom stereocenters. The molecule has 106 valence electrons. The average Bonchev–Trinajstić information content (AvgIpc) is 2.36. The van der Waals surface area contributed by atoms with Crippen LogP contribution in [0.15, 0.2) is 24.3 Å². The van der Waals surface area contributed by atoms with Crippen LogP contribution < -0.4 is 15.5 Å². The summed E-state index contributed by atoms with van der Waals surface area (Å²) in [7, 11) is 4.02. The Kier molecular flexibility index (Phi) is 5.36. The first kappa shape index (κ1) is 15.5. The fraction of sp³-hybridized carbons (Fsp3) is 0.533. The van der Waals surface area contributed by atoms with Gasteiger partial charge in [0.2, 0.25) is 5.91 Å². The van der Waals surface area contributed by atoms with Crippen LogP contribution in [0.1, 0.15) is 26.3 Å². The molecular weight excluding hydrogens is 238 g/mol. The van der Waals surface area contributed by atoms with Crippen molar-refractivity contribution in [2.24, 2.45) is 0 Å². The molecule has 0 saturated heterocycles. The lowest BCUT2D eigenvalue weighted by molar-refractivity contribution is -0.126. The fourth-order valence-electron chi connectivity index (χ4n) is 1.84. The van der Waals surface area contributed by atoms with Gasteiger partial charge in [-0.2, -0.15) is 0 Å². The first-order chi connectivity index (χ1) is 8.86. The number of carbonyl (C=O) groups excluding carboxylic acids is 1. The topological polar surface area (TPSA) is 44.4 Å². The van der Waals surface area contributed by atoms with Gasteiger partial charge in [-0.05, 0) is 38.1 Å². The van der Waals surface area contributed by atoms with Crippen LogP contribution in [-0.4, -0.2) is 32.1 Å². The number of anilines is 1. The lowest BCUT2D eigenvalue weighted by Crippen LogP contribution is -2.52. The van der Waals surface area contributed by atoms with E-state index in [1.807, 2.05) is 47.0 Å². The van der Waals surface area contributed by atoms with Gasteiger partial charge in [-0.1, -0.05) is 19.1 Å². The number of nitrogens with zero attached hydrogens (tertiary/aromatic N) is 1. The van der Waals surface area contributed by atoms with E-state index in [9.17, 15) is 4.79 Å². The Morgan fingerprint density at radius 2 is 1.79 bits per heavy atom. The predicted octanol–water partition coefficient (Wildman–Crippen LogP) is 1.76. The van der Waals surface area contributed by atoms with E-state index < -0.39 is 5.54 Å². The minimum Gasteiger partial charge on any atom is -0.378 e. The van der Waals surface area contributed by atoms with Gasteiger partial charge >= 0.3 is 0 Å². The Hall–Kier alpha value is -1.55. The largest absolute Gasteiger partial charge is 0.378 e. The van der Waals surface area contributed by atoms with Crippen molar-refractivity contribution in [3.05, 3.63) is 29.8 Å². The number of carbonyl (C=O) groups is 1. The molecule has 0 radical (unpaired) electrons. The Labute approximate surface area is 116 Å². The van der Waals surface area contributed by atoms with Crippen LogP contribution in [0.4, 0.5) is 5.69 Å². The summed E-state index contributed by atoms with van der Waals surface area (Å²) in [5.74, 6) is 0.0195.